The fraction of sp³-hybridized carbons (Fsp3) is 0.467. The molecule has 0 aliphatic carbocycles. The first-order valence-corrected chi connectivity index (χ1v) is 6.58. The molecule has 19 heavy (non-hydrogen) atoms. The van der Waals surface area contributed by atoms with Crippen molar-refractivity contribution in [3.05, 3.63) is 34.9 Å². The summed E-state index contributed by atoms with van der Waals surface area (Å²) in [6, 6.07) is 5.81. The van der Waals surface area contributed by atoms with Crippen molar-refractivity contribution in [1.82, 2.24) is 4.90 Å². The van der Waals surface area contributed by atoms with Crippen molar-refractivity contribution in [2.45, 2.75) is 26.7 Å². The third kappa shape index (κ3) is 3.13. The van der Waals surface area contributed by atoms with Crippen LogP contribution in [0.2, 0.25) is 0 Å². The smallest absolute Gasteiger partial charge is 0.306 e. The average molecular weight is 261 g/mol. The van der Waals surface area contributed by atoms with Crippen LogP contribution < -0.4 is 0 Å². The van der Waals surface area contributed by atoms with E-state index >= 15 is 0 Å². The first-order chi connectivity index (χ1) is 8.97. The van der Waals surface area contributed by atoms with Gasteiger partial charge in [0.1, 0.15) is 0 Å². The first-order valence-electron chi connectivity index (χ1n) is 6.58. The lowest BCUT2D eigenvalue weighted by molar-refractivity contribution is -0.143. The zero-order valence-electron chi connectivity index (χ0n) is 11.3. The molecule has 4 heteroatoms. The molecule has 1 N–H and O–H groups in total. The average Bonchev–Trinajstić information content (AvgIpc) is 2.37. The fourth-order valence-corrected chi connectivity index (χ4v) is 2.61. The van der Waals surface area contributed by atoms with Crippen LogP contribution in [-0.2, 0) is 4.79 Å². The zero-order valence-corrected chi connectivity index (χ0v) is 11.3. The molecule has 0 radical (unpaired) electrons. The molecule has 4 nitrogen and oxygen atoms in total. The molecule has 1 aliphatic heterocycles. The van der Waals surface area contributed by atoms with Crippen LogP contribution in [0.3, 0.4) is 0 Å². The lowest BCUT2D eigenvalue weighted by Gasteiger charge is -2.30. The number of rotatable bonds is 2. The second kappa shape index (κ2) is 5.43. The van der Waals surface area contributed by atoms with Crippen molar-refractivity contribution >= 4 is 11.9 Å². The Morgan fingerprint density at radius 3 is 2.11 bits per heavy atom. The predicted molar refractivity (Wildman–Crippen MR) is 72.2 cm³/mol. The van der Waals surface area contributed by atoms with Crippen LogP contribution in [-0.4, -0.2) is 35.0 Å². The van der Waals surface area contributed by atoms with E-state index in [2.05, 4.69) is 0 Å². The minimum atomic E-state index is -0.751. The molecule has 0 saturated carbocycles. The maximum atomic E-state index is 12.4. The maximum absolute atomic E-state index is 12.4. The van der Waals surface area contributed by atoms with Gasteiger partial charge in [-0.25, -0.2) is 0 Å². The van der Waals surface area contributed by atoms with Crippen molar-refractivity contribution in [2.75, 3.05) is 13.1 Å². The van der Waals surface area contributed by atoms with E-state index in [-0.39, 0.29) is 11.8 Å². The van der Waals surface area contributed by atoms with Crippen molar-refractivity contribution in [1.29, 1.82) is 0 Å². The second-order valence-electron chi connectivity index (χ2n) is 5.28. The number of carbonyl (C=O) groups is 2. The van der Waals surface area contributed by atoms with Gasteiger partial charge < -0.3 is 10.0 Å². The summed E-state index contributed by atoms with van der Waals surface area (Å²) >= 11 is 0. The van der Waals surface area contributed by atoms with Crippen LogP contribution in [0.5, 0.6) is 0 Å². The molecule has 1 aliphatic rings. The van der Waals surface area contributed by atoms with E-state index in [4.69, 9.17) is 5.11 Å². The quantitative estimate of drug-likeness (QED) is 0.888. The van der Waals surface area contributed by atoms with Gasteiger partial charge in [0.2, 0.25) is 0 Å². The minimum absolute atomic E-state index is 0.00985. The van der Waals surface area contributed by atoms with Gasteiger partial charge in [0.15, 0.2) is 0 Å². The number of carboxylic acid groups (broad SMARTS) is 1. The Balaban J connectivity index is 2.07. The highest BCUT2D eigenvalue weighted by atomic mass is 16.4. The van der Waals surface area contributed by atoms with Crippen LogP contribution in [0.25, 0.3) is 0 Å². The molecule has 2 rings (SSSR count). The first kappa shape index (κ1) is 13.6. The Kier molecular flexibility index (Phi) is 3.88. The lowest BCUT2D eigenvalue weighted by Crippen LogP contribution is -2.40. The Bertz CT molecular complexity index is 482. The van der Waals surface area contributed by atoms with E-state index in [0.29, 0.717) is 31.5 Å². The topological polar surface area (TPSA) is 57.6 Å². The van der Waals surface area contributed by atoms with Gasteiger partial charge in [-0.1, -0.05) is 17.2 Å². The van der Waals surface area contributed by atoms with Gasteiger partial charge >= 0.3 is 5.97 Å². The molecule has 0 atom stereocenters. The number of aryl methyl sites for hydroxylation is 2. The molecule has 1 amide bonds. The second-order valence-corrected chi connectivity index (χ2v) is 5.28. The number of amides is 1. The van der Waals surface area contributed by atoms with Crippen molar-refractivity contribution in [3.8, 4) is 0 Å². The normalized spacial score (nSPS) is 16.4. The van der Waals surface area contributed by atoms with E-state index in [1.54, 1.807) is 4.90 Å². The largest absolute Gasteiger partial charge is 0.481 e. The van der Waals surface area contributed by atoms with Crippen molar-refractivity contribution < 1.29 is 14.7 Å². The third-order valence-electron chi connectivity index (χ3n) is 3.60. The minimum Gasteiger partial charge on any atom is -0.481 e. The molecular weight excluding hydrogens is 242 g/mol. The molecule has 1 saturated heterocycles. The molecule has 102 valence electrons. The highest BCUT2D eigenvalue weighted by Crippen LogP contribution is 2.20. The fourth-order valence-electron chi connectivity index (χ4n) is 2.61. The molecule has 1 aromatic rings. The number of hydrogen-bond donors (Lipinski definition) is 1. The van der Waals surface area contributed by atoms with Gasteiger partial charge in [-0.3, -0.25) is 9.59 Å². The Labute approximate surface area is 113 Å². The molecule has 0 bridgehead atoms. The van der Waals surface area contributed by atoms with Gasteiger partial charge in [-0.2, -0.15) is 0 Å². The number of nitrogens with zero attached hydrogens (tertiary/aromatic N) is 1. The summed E-state index contributed by atoms with van der Waals surface area (Å²) in [5.74, 6) is -1.04. The number of likely N-dealkylation sites (tertiary alicyclic amines) is 1. The van der Waals surface area contributed by atoms with Crippen molar-refractivity contribution in [3.63, 3.8) is 0 Å². The molecule has 1 heterocycles. The predicted octanol–water partition coefficient (Wildman–Crippen LogP) is 2.24. The van der Waals surface area contributed by atoms with E-state index in [1.807, 2.05) is 32.0 Å². The third-order valence-corrected chi connectivity index (χ3v) is 3.60. The summed E-state index contributed by atoms with van der Waals surface area (Å²) in [7, 11) is 0. The van der Waals surface area contributed by atoms with E-state index in [9.17, 15) is 9.59 Å². The van der Waals surface area contributed by atoms with Gasteiger partial charge in [0.25, 0.3) is 5.91 Å². The van der Waals surface area contributed by atoms with E-state index in [1.165, 1.54) is 0 Å². The molecule has 0 unspecified atom stereocenters. The zero-order chi connectivity index (χ0) is 14.0. The molecule has 0 aromatic heterocycles. The Morgan fingerprint density at radius 2 is 1.63 bits per heavy atom. The number of hydrogen-bond acceptors (Lipinski definition) is 2. The van der Waals surface area contributed by atoms with Crippen LogP contribution in [0.15, 0.2) is 18.2 Å². The lowest BCUT2D eigenvalue weighted by atomic mass is 9.96. The summed E-state index contributed by atoms with van der Waals surface area (Å²) in [5.41, 5.74) is 2.85. The SMILES string of the molecule is Cc1cc(C)cc(C(=O)N2CCC(C(=O)O)CC2)c1. The van der Waals surface area contributed by atoms with Crippen LogP contribution in [0.1, 0.15) is 34.3 Å². The highest BCUT2D eigenvalue weighted by molar-refractivity contribution is 5.94. The molecule has 0 spiro atoms. The number of benzene rings is 1. The summed E-state index contributed by atoms with van der Waals surface area (Å²) in [6.07, 6.45) is 1.09. The van der Waals surface area contributed by atoms with Crippen LogP contribution >= 0.6 is 0 Å². The van der Waals surface area contributed by atoms with Gasteiger partial charge in [0.05, 0.1) is 5.92 Å². The Hall–Kier alpha value is -1.84. The molecule has 1 aromatic carbocycles. The summed E-state index contributed by atoms with van der Waals surface area (Å²) in [6.45, 7) is 5.01. The van der Waals surface area contributed by atoms with Gasteiger partial charge in [-0.05, 0) is 38.8 Å². The number of piperidine rings is 1. The molecule has 1 fully saturated rings. The van der Waals surface area contributed by atoms with Crippen LogP contribution in [0.4, 0.5) is 0 Å². The summed E-state index contributed by atoms with van der Waals surface area (Å²) in [4.78, 5) is 25.0. The standard InChI is InChI=1S/C15H19NO3/c1-10-7-11(2)9-13(8-10)14(17)16-5-3-12(4-6-16)15(18)19/h7-9,12H,3-6H2,1-2H3,(H,18,19). The monoisotopic (exact) mass is 261 g/mol. The number of carbonyl (C=O) groups excluding carboxylic acids is 1. The van der Waals surface area contributed by atoms with E-state index < -0.39 is 5.97 Å². The number of carboxylic acids is 1. The Morgan fingerprint density at radius 1 is 1.11 bits per heavy atom. The maximum Gasteiger partial charge on any atom is 0.306 e. The summed E-state index contributed by atoms with van der Waals surface area (Å²) < 4.78 is 0. The summed E-state index contributed by atoms with van der Waals surface area (Å²) in [5, 5.41) is 8.95. The number of aliphatic carboxylic acids is 1. The van der Waals surface area contributed by atoms with Crippen LogP contribution in [0, 0.1) is 19.8 Å². The van der Waals surface area contributed by atoms with Gasteiger partial charge in [0, 0.05) is 18.7 Å². The van der Waals surface area contributed by atoms with Gasteiger partial charge in [-0.15, -0.1) is 0 Å². The highest BCUT2D eigenvalue weighted by Gasteiger charge is 2.27. The van der Waals surface area contributed by atoms with E-state index in [0.717, 1.165) is 11.1 Å². The van der Waals surface area contributed by atoms with Crippen molar-refractivity contribution in [2.24, 2.45) is 5.92 Å². The molecular formula is C15H19NO3.